The normalized spacial score (nSPS) is 23.5. The van der Waals surface area contributed by atoms with Gasteiger partial charge in [-0.25, -0.2) is 9.67 Å². The second kappa shape index (κ2) is 8.81. The highest BCUT2D eigenvalue weighted by atomic mass is 79.9. The van der Waals surface area contributed by atoms with E-state index in [1.54, 1.807) is 17.9 Å². The molecule has 0 spiro atoms. The van der Waals surface area contributed by atoms with Crippen LogP contribution in [-0.4, -0.2) is 64.3 Å². The third kappa shape index (κ3) is 3.85. The third-order valence-corrected chi connectivity index (χ3v) is 8.42. The monoisotopic (exact) mass is 552 g/mol. The molecule has 188 valence electrons. The molecule has 2 aliphatic heterocycles. The molecule has 6 rings (SSSR count). The molecule has 10 nitrogen and oxygen atoms in total. The fraction of sp³-hybridized carbons (Fsp3) is 0.480. The molecule has 1 aliphatic carbocycles. The Morgan fingerprint density at radius 3 is 2.86 bits per heavy atom. The lowest BCUT2D eigenvalue weighted by Crippen LogP contribution is -2.51. The van der Waals surface area contributed by atoms with Crippen LogP contribution in [0.5, 0.6) is 0 Å². The zero-order chi connectivity index (χ0) is 25.0. The van der Waals surface area contributed by atoms with Crippen LogP contribution in [0.3, 0.4) is 0 Å². The molecule has 3 aliphatic rings. The zero-order valence-electron chi connectivity index (χ0n) is 20.3. The molecule has 3 N–H and O–H groups in total. The number of anilines is 2. The molecule has 0 bridgehead atoms. The van der Waals surface area contributed by atoms with Crippen molar-refractivity contribution in [3.8, 4) is 5.69 Å². The maximum Gasteiger partial charge on any atom is 0.232 e. The average molecular weight is 553 g/mol. The Hall–Kier alpha value is -3.05. The van der Waals surface area contributed by atoms with Gasteiger partial charge >= 0.3 is 0 Å². The minimum atomic E-state index is -0.384. The van der Waals surface area contributed by atoms with Crippen LogP contribution in [0.15, 0.2) is 29.0 Å². The quantitative estimate of drug-likeness (QED) is 0.444. The van der Waals surface area contributed by atoms with Gasteiger partial charge in [-0.1, -0.05) is 13.0 Å². The summed E-state index contributed by atoms with van der Waals surface area (Å²) in [5, 5.41) is 14.9. The first-order chi connectivity index (χ1) is 17.4. The molecule has 2 aromatic heterocycles. The highest BCUT2D eigenvalue weighted by Gasteiger charge is 2.41. The Morgan fingerprint density at radius 2 is 2.11 bits per heavy atom. The molecule has 11 heteroatoms. The maximum atomic E-state index is 13.0. The van der Waals surface area contributed by atoms with Crippen molar-refractivity contribution < 1.29 is 9.59 Å². The van der Waals surface area contributed by atoms with Crippen LogP contribution in [0.4, 0.5) is 11.6 Å². The van der Waals surface area contributed by atoms with Crippen LogP contribution in [0, 0.1) is 11.3 Å². The van der Waals surface area contributed by atoms with E-state index in [0.717, 1.165) is 55.5 Å². The molecule has 0 radical (unpaired) electrons. The van der Waals surface area contributed by atoms with Crippen LogP contribution in [0.1, 0.15) is 31.7 Å². The summed E-state index contributed by atoms with van der Waals surface area (Å²) in [5.41, 5.74) is 3.26. The van der Waals surface area contributed by atoms with E-state index in [1.807, 2.05) is 24.0 Å². The van der Waals surface area contributed by atoms with Crippen LogP contribution in [-0.2, 0) is 16.0 Å². The molecular formula is C25H29BrN8O2. The largest absolute Gasteiger partial charge is 0.359 e. The fourth-order valence-electron chi connectivity index (χ4n) is 5.58. The van der Waals surface area contributed by atoms with Crippen molar-refractivity contribution in [2.45, 2.75) is 38.6 Å². The van der Waals surface area contributed by atoms with Crippen molar-refractivity contribution in [2.75, 3.05) is 36.9 Å². The second-order valence-electron chi connectivity index (χ2n) is 10.3. The number of hydrogen-bond donors (Lipinski definition) is 3. The van der Waals surface area contributed by atoms with Crippen molar-refractivity contribution in [3.05, 3.63) is 34.6 Å². The standard InChI is InChI=1S/C25H29BrN8O2/c1-25(23(36)27-2)7-5-16(10-25)30-24-29-13-18-20(26)32-34(21(18)31-24)17-4-3-14-6-8-33(19(14)9-17)22(35)15-11-28-12-15/h3-4,9,13,15-16,28H,5-8,10-12H2,1-2H3,(H,27,36)(H,29,30,31)/t16-,25-/m1/s1. The van der Waals surface area contributed by atoms with Crippen molar-refractivity contribution in [3.63, 3.8) is 0 Å². The van der Waals surface area contributed by atoms with Gasteiger partial charge in [-0.15, -0.1) is 0 Å². The van der Waals surface area contributed by atoms with Gasteiger partial charge < -0.3 is 20.9 Å². The lowest BCUT2D eigenvalue weighted by Gasteiger charge is -2.30. The van der Waals surface area contributed by atoms with E-state index < -0.39 is 0 Å². The van der Waals surface area contributed by atoms with Crippen LogP contribution < -0.4 is 20.9 Å². The van der Waals surface area contributed by atoms with Gasteiger partial charge in [-0.2, -0.15) is 10.1 Å². The topological polar surface area (TPSA) is 117 Å². The molecule has 1 aromatic carbocycles. The van der Waals surface area contributed by atoms with Crippen molar-refractivity contribution in [1.82, 2.24) is 30.4 Å². The summed E-state index contributed by atoms with van der Waals surface area (Å²) in [6, 6.07) is 6.26. The van der Waals surface area contributed by atoms with Gasteiger partial charge in [0.25, 0.3) is 0 Å². The number of fused-ring (bicyclic) bond motifs is 2. The Kier molecular flexibility index (Phi) is 5.71. The average Bonchev–Trinajstić information content (AvgIpc) is 3.53. The maximum absolute atomic E-state index is 13.0. The Bertz CT molecular complexity index is 1370. The van der Waals surface area contributed by atoms with Crippen LogP contribution in [0.25, 0.3) is 16.7 Å². The third-order valence-electron chi connectivity index (χ3n) is 7.84. The van der Waals surface area contributed by atoms with Crippen LogP contribution >= 0.6 is 15.9 Å². The molecule has 1 saturated heterocycles. The van der Waals surface area contributed by atoms with E-state index in [-0.39, 0.29) is 29.2 Å². The van der Waals surface area contributed by atoms with E-state index in [0.29, 0.717) is 22.7 Å². The summed E-state index contributed by atoms with van der Waals surface area (Å²) in [5.74, 6) is 0.826. The molecule has 1 saturated carbocycles. The summed E-state index contributed by atoms with van der Waals surface area (Å²) < 4.78 is 2.45. The number of carbonyl (C=O) groups is 2. The van der Waals surface area contributed by atoms with E-state index in [1.165, 1.54) is 5.56 Å². The van der Waals surface area contributed by atoms with E-state index >= 15 is 0 Å². The summed E-state index contributed by atoms with van der Waals surface area (Å²) >= 11 is 3.55. The minimum Gasteiger partial charge on any atom is -0.359 e. The van der Waals surface area contributed by atoms with Gasteiger partial charge in [0.15, 0.2) is 5.65 Å². The predicted octanol–water partition coefficient (Wildman–Crippen LogP) is 2.40. The molecule has 36 heavy (non-hydrogen) atoms. The number of carbonyl (C=O) groups excluding carboxylic acids is 2. The summed E-state index contributed by atoms with van der Waals surface area (Å²) in [4.78, 5) is 36.5. The van der Waals surface area contributed by atoms with Crippen molar-refractivity contribution in [1.29, 1.82) is 0 Å². The number of hydrogen-bond acceptors (Lipinski definition) is 7. The van der Waals surface area contributed by atoms with Gasteiger partial charge in [0.1, 0.15) is 4.60 Å². The Balaban J connectivity index is 1.29. The smallest absolute Gasteiger partial charge is 0.232 e. The van der Waals surface area contributed by atoms with E-state index in [2.05, 4.69) is 48.0 Å². The first kappa shape index (κ1) is 23.4. The summed E-state index contributed by atoms with van der Waals surface area (Å²) in [7, 11) is 1.68. The number of aromatic nitrogens is 4. The Labute approximate surface area is 217 Å². The molecule has 3 aromatic rings. The number of benzene rings is 1. The van der Waals surface area contributed by atoms with Gasteiger partial charge in [0.05, 0.1) is 17.0 Å². The Morgan fingerprint density at radius 1 is 1.28 bits per heavy atom. The number of halogens is 1. The summed E-state index contributed by atoms with van der Waals surface area (Å²) in [6.45, 7) is 4.21. The number of nitrogens with one attached hydrogen (secondary N) is 3. The highest BCUT2D eigenvalue weighted by Crippen LogP contribution is 2.39. The second-order valence-corrected chi connectivity index (χ2v) is 11.0. The number of nitrogens with zero attached hydrogens (tertiary/aromatic N) is 5. The predicted molar refractivity (Wildman–Crippen MR) is 140 cm³/mol. The van der Waals surface area contributed by atoms with Gasteiger partial charge in [0, 0.05) is 50.0 Å². The lowest BCUT2D eigenvalue weighted by atomic mass is 9.87. The molecule has 2 amide bonds. The SMILES string of the molecule is CNC(=O)[C@]1(C)CC[C@@H](Nc2ncc3c(Br)nn(-c4ccc5c(c4)N(C(=O)C4CNC4)CC5)c3n2)C1. The number of rotatable bonds is 5. The van der Waals surface area contributed by atoms with Gasteiger partial charge in [0.2, 0.25) is 17.8 Å². The van der Waals surface area contributed by atoms with Crippen LogP contribution in [0.2, 0.25) is 0 Å². The van der Waals surface area contributed by atoms with Crippen molar-refractivity contribution in [2.24, 2.45) is 11.3 Å². The molecule has 4 heterocycles. The van der Waals surface area contributed by atoms with E-state index in [9.17, 15) is 9.59 Å². The first-order valence-electron chi connectivity index (χ1n) is 12.4. The lowest BCUT2D eigenvalue weighted by molar-refractivity contribution is -0.129. The minimum absolute atomic E-state index is 0.0569. The molecule has 2 atom stereocenters. The zero-order valence-corrected chi connectivity index (χ0v) is 21.9. The molecular weight excluding hydrogens is 524 g/mol. The van der Waals surface area contributed by atoms with Crippen molar-refractivity contribution >= 4 is 50.4 Å². The van der Waals surface area contributed by atoms with E-state index in [4.69, 9.17) is 4.98 Å². The number of amides is 2. The highest BCUT2D eigenvalue weighted by molar-refractivity contribution is 9.10. The molecule has 0 unspecified atom stereocenters. The summed E-state index contributed by atoms with van der Waals surface area (Å²) in [6.07, 6.45) is 5.04. The van der Waals surface area contributed by atoms with Gasteiger partial charge in [-0.05, 0) is 59.3 Å². The fourth-order valence-corrected chi connectivity index (χ4v) is 6.02. The van der Waals surface area contributed by atoms with Gasteiger partial charge in [-0.3, -0.25) is 9.59 Å². The first-order valence-corrected chi connectivity index (χ1v) is 13.2. The molecule has 2 fully saturated rings.